The number of benzene rings is 2. The molecule has 2 aromatic carbocycles. The summed E-state index contributed by atoms with van der Waals surface area (Å²) in [5.74, 6) is 1.22. The standard InChI is InChI=1S/C18H20ClNO3S/c1-11-14(19)6-5-7-15(11)20-18(21)12(2)24-13-8-9-16(22-3)17(10-13)23-4/h5-10,12H,1-4H3,(H,20,21)/t12-/m0/s1. The van der Waals surface area contributed by atoms with Crippen molar-refractivity contribution in [3.8, 4) is 11.5 Å². The van der Waals surface area contributed by atoms with Gasteiger partial charge < -0.3 is 14.8 Å². The first-order valence-corrected chi connectivity index (χ1v) is 8.66. The van der Waals surface area contributed by atoms with Crippen molar-refractivity contribution in [1.29, 1.82) is 0 Å². The highest BCUT2D eigenvalue weighted by molar-refractivity contribution is 8.00. The van der Waals surface area contributed by atoms with Gasteiger partial charge in [0, 0.05) is 15.6 Å². The summed E-state index contributed by atoms with van der Waals surface area (Å²) in [5.41, 5.74) is 1.59. The minimum absolute atomic E-state index is 0.0832. The summed E-state index contributed by atoms with van der Waals surface area (Å²) in [6, 6.07) is 11.0. The number of thioether (sulfide) groups is 1. The first-order chi connectivity index (χ1) is 11.5. The monoisotopic (exact) mass is 365 g/mol. The second-order valence-electron chi connectivity index (χ2n) is 5.18. The van der Waals surface area contributed by atoms with Gasteiger partial charge >= 0.3 is 0 Å². The molecule has 2 aromatic rings. The van der Waals surface area contributed by atoms with Crippen LogP contribution < -0.4 is 14.8 Å². The molecular weight excluding hydrogens is 346 g/mol. The zero-order valence-corrected chi connectivity index (χ0v) is 15.6. The Morgan fingerprint density at radius 2 is 1.88 bits per heavy atom. The van der Waals surface area contributed by atoms with Crippen molar-refractivity contribution in [2.45, 2.75) is 24.0 Å². The van der Waals surface area contributed by atoms with Crippen LogP contribution in [0.5, 0.6) is 11.5 Å². The van der Waals surface area contributed by atoms with Gasteiger partial charge in [0.05, 0.1) is 19.5 Å². The Morgan fingerprint density at radius 1 is 1.17 bits per heavy atom. The molecular formula is C18H20ClNO3S. The van der Waals surface area contributed by atoms with Crippen molar-refractivity contribution in [1.82, 2.24) is 0 Å². The number of amides is 1. The van der Waals surface area contributed by atoms with Crippen LogP contribution in [-0.4, -0.2) is 25.4 Å². The van der Waals surface area contributed by atoms with Crippen LogP contribution in [0.1, 0.15) is 12.5 Å². The van der Waals surface area contributed by atoms with E-state index >= 15 is 0 Å². The number of hydrogen-bond acceptors (Lipinski definition) is 4. The lowest BCUT2D eigenvalue weighted by molar-refractivity contribution is -0.115. The number of carbonyl (C=O) groups excluding carboxylic acids is 1. The molecule has 0 bridgehead atoms. The van der Waals surface area contributed by atoms with Gasteiger partial charge in [-0.15, -0.1) is 11.8 Å². The van der Waals surface area contributed by atoms with E-state index in [-0.39, 0.29) is 11.2 Å². The fraction of sp³-hybridized carbons (Fsp3) is 0.278. The van der Waals surface area contributed by atoms with Gasteiger partial charge in [-0.2, -0.15) is 0 Å². The quantitative estimate of drug-likeness (QED) is 0.748. The Bertz CT molecular complexity index is 736. The molecule has 2 rings (SSSR count). The number of rotatable bonds is 6. The smallest absolute Gasteiger partial charge is 0.237 e. The third-order valence-electron chi connectivity index (χ3n) is 3.56. The van der Waals surface area contributed by atoms with E-state index in [4.69, 9.17) is 21.1 Å². The van der Waals surface area contributed by atoms with Crippen molar-refractivity contribution >= 4 is 35.0 Å². The molecule has 1 atom stereocenters. The van der Waals surface area contributed by atoms with E-state index in [1.807, 2.05) is 44.2 Å². The highest BCUT2D eigenvalue weighted by Crippen LogP contribution is 2.34. The summed E-state index contributed by atoms with van der Waals surface area (Å²) in [4.78, 5) is 13.4. The van der Waals surface area contributed by atoms with Gasteiger partial charge in [-0.1, -0.05) is 17.7 Å². The molecule has 1 amide bonds. The average molecular weight is 366 g/mol. The van der Waals surface area contributed by atoms with Gasteiger partial charge in [0.25, 0.3) is 0 Å². The van der Waals surface area contributed by atoms with Gasteiger partial charge in [0.1, 0.15) is 0 Å². The van der Waals surface area contributed by atoms with Crippen LogP contribution in [0.3, 0.4) is 0 Å². The molecule has 0 heterocycles. The lowest BCUT2D eigenvalue weighted by Gasteiger charge is -2.15. The molecule has 0 unspecified atom stereocenters. The number of nitrogens with one attached hydrogen (secondary N) is 1. The first-order valence-electron chi connectivity index (χ1n) is 7.41. The molecule has 6 heteroatoms. The largest absolute Gasteiger partial charge is 0.493 e. The summed E-state index contributed by atoms with van der Waals surface area (Å²) >= 11 is 7.54. The minimum atomic E-state index is -0.276. The Balaban J connectivity index is 2.07. The highest BCUT2D eigenvalue weighted by Gasteiger charge is 2.17. The van der Waals surface area contributed by atoms with Crippen molar-refractivity contribution in [2.75, 3.05) is 19.5 Å². The fourth-order valence-corrected chi connectivity index (χ4v) is 3.20. The molecule has 0 aliphatic rings. The summed E-state index contributed by atoms with van der Waals surface area (Å²) in [5, 5.41) is 3.28. The van der Waals surface area contributed by atoms with Gasteiger partial charge in [-0.05, 0) is 49.7 Å². The molecule has 0 radical (unpaired) electrons. The number of hydrogen-bond donors (Lipinski definition) is 1. The zero-order chi connectivity index (χ0) is 17.7. The van der Waals surface area contributed by atoms with Crippen LogP contribution in [0, 0.1) is 6.92 Å². The van der Waals surface area contributed by atoms with Crippen molar-refractivity contribution in [2.24, 2.45) is 0 Å². The van der Waals surface area contributed by atoms with E-state index in [1.165, 1.54) is 11.8 Å². The third-order valence-corrected chi connectivity index (χ3v) is 5.07. The van der Waals surface area contributed by atoms with E-state index in [2.05, 4.69) is 5.32 Å². The first kappa shape index (κ1) is 18.5. The average Bonchev–Trinajstić information content (AvgIpc) is 2.58. The van der Waals surface area contributed by atoms with E-state index in [0.29, 0.717) is 16.5 Å². The van der Waals surface area contributed by atoms with E-state index in [9.17, 15) is 4.79 Å². The summed E-state index contributed by atoms with van der Waals surface area (Å²) in [6.07, 6.45) is 0. The van der Waals surface area contributed by atoms with Crippen molar-refractivity contribution < 1.29 is 14.3 Å². The van der Waals surface area contributed by atoms with Crippen LogP contribution in [-0.2, 0) is 4.79 Å². The summed E-state index contributed by atoms with van der Waals surface area (Å²) < 4.78 is 10.5. The highest BCUT2D eigenvalue weighted by atomic mass is 35.5. The van der Waals surface area contributed by atoms with Crippen LogP contribution >= 0.6 is 23.4 Å². The molecule has 0 aliphatic heterocycles. The SMILES string of the molecule is COc1ccc(S[C@@H](C)C(=O)Nc2cccc(Cl)c2C)cc1OC. The second kappa shape index (κ2) is 8.31. The molecule has 0 aromatic heterocycles. The van der Waals surface area contributed by atoms with Gasteiger partial charge in [0.2, 0.25) is 5.91 Å². The fourth-order valence-electron chi connectivity index (χ4n) is 2.12. The lowest BCUT2D eigenvalue weighted by atomic mass is 10.2. The van der Waals surface area contributed by atoms with Gasteiger partial charge in [-0.3, -0.25) is 4.79 Å². The molecule has 0 aliphatic carbocycles. The molecule has 1 N–H and O–H groups in total. The van der Waals surface area contributed by atoms with E-state index in [1.54, 1.807) is 20.3 Å². The molecule has 0 spiro atoms. The number of halogens is 1. The number of anilines is 1. The van der Waals surface area contributed by atoms with E-state index < -0.39 is 0 Å². The van der Waals surface area contributed by atoms with Gasteiger partial charge in [0.15, 0.2) is 11.5 Å². The Morgan fingerprint density at radius 3 is 2.54 bits per heavy atom. The molecule has 0 fully saturated rings. The predicted molar refractivity (Wildman–Crippen MR) is 99.7 cm³/mol. The molecule has 24 heavy (non-hydrogen) atoms. The lowest BCUT2D eigenvalue weighted by Crippen LogP contribution is -2.22. The van der Waals surface area contributed by atoms with E-state index in [0.717, 1.165) is 16.1 Å². The minimum Gasteiger partial charge on any atom is -0.493 e. The van der Waals surface area contributed by atoms with Crippen molar-refractivity contribution in [3.63, 3.8) is 0 Å². The number of ether oxygens (including phenoxy) is 2. The van der Waals surface area contributed by atoms with Crippen LogP contribution in [0.2, 0.25) is 5.02 Å². The maximum absolute atomic E-state index is 12.4. The van der Waals surface area contributed by atoms with Gasteiger partial charge in [-0.25, -0.2) is 0 Å². The third kappa shape index (κ3) is 4.36. The Kier molecular flexibility index (Phi) is 6.40. The zero-order valence-electron chi connectivity index (χ0n) is 14.1. The van der Waals surface area contributed by atoms with Crippen molar-refractivity contribution in [3.05, 3.63) is 47.0 Å². The van der Waals surface area contributed by atoms with Crippen LogP contribution in [0.25, 0.3) is 0 Å². The predicted octanol–water partition coefficient (Wildman–Crippen LogP) is 4.78. The Labute approximate surface area is 151 Å². The topological polar surface area (TPSA) is 47.6 Å². The van der Waals surface area contributed by atoms with Crippen LogP contribution in [0.15, 0.2) is 41.3 Å². The number of carbonyl (C=O) groups is 1. The van der Waals surface area contributed by atoms with Crippen LogP contribution in [0.4, 0.5) is 5.69 Å². The second-order valence-corrected chi connectivity index (χ2v) is 7.00. The number of methoxy groups -OCH3 is 2. The molecule has 128 valence electrons. The maximum atomic E-state index is 12.4. The Hall–Kier alpha value is -1.85. The summed E-state index contributed by atoms with van der Waals surface area (Å²) in [6.45, 7) is 3.74. The summed E-state index contributed by atoms with van der Waals surface area (Å²) in [7, 11) is 3.18. The normalized spacial score (nSPS) is 11.7. The molecule has 0 saturated carbocycles. The molecule has 4 nitrogen and oxygen atoms in total. The molecule has 0 saturated heterocycles. The maximum Gasteiger partial charge on any atom is 0.237 e.